The summed E-state index contributed by atoms with van der Waals surface area (Å²) in [7, 11) is 0. The van der Waals surface area contributed by atoms with Gasteiger partial charge >= 0.3 is 0 Å². The van der Waals surface area contributed by atoms with Crippen molar-refractivity contribution in [2.45, 2.75) is 57.6 Å². The number of aromatic hydroxyl groups is 1. The fourth-order valence-electron chi connectivity index (χ4n) is 3.75. The van der Waals surface area contributed by atoms with Crippen LogP contribution in [0.3, 0.4) is 0 Å². The molecule has 1 aliphatic rings. The molecule has 20 heavy (non-hydrogen) atoms. The second-order valence-corrected chi connectivity index (χ2v) is 5.87. The minimum absolute atomic E-state index is 0.0542. The van der Waals surface area contributed by atoms with Crippen molar-refractivity contribution in [2.24, 2.45) is 0 Å². The number of hydrogen-bond donors (Lipinski definition) is 2. The molecule has 3 heteroatoms. The molecule has 1 atom stereocenters. The molecule has 0 heterocycles. The summed E-state index contributed by atoms with van der Waals surface area (Å²) in [5, 5.41) is 20.2. The Labute approximate surface area is 122 Å². The van der Waals surface area contributed by atoms with Crippen molar-refractivity contribution in [1.82, 2.24) is 4.90 Å². The summed E-state index contributed by atoms with van der Waals surface area (Å²) in [6.45, 7) is 6.33. The average molecular weight is 277 g/mol. The van der Waals surface area contributed by atoms with Gasteiger partial charge in [0.05, 0.1) is 6.10 Å². The van der Waals surface area contributed by atoms with E-state index in [0.717, 1.165) is 31.5 Å². The van der Waals surface area contributed by atoms with Crippen LogP contribution in [-0.4, -0.2) is 39.8 Å². The lowest BCUT2D eigenvalue weighted by molar-refractivity contribution is -0.0244. The molecule has 3 nitrogen and oxygen atoms in total. The van der Waals surface area contributed by atoms with Gasteiger partial charge in [0.2, 0.25) is 0 Å². The lowest BCUT2D eigenvalue weighted by atomic mass is 9.84. The number of aliphatic hydroxyl groups is 1. The molecule has 0 aliphatic heterocycles. The first-order valence-electron chi connectivity index (χ1n) is 7.83. The monoisotopic (exact) mass is 277 g/mol. The molecule has 1 fully saturated rings. The number of phenols is 1. The van der Waals surface area contributed by atoms with Crippen molar-refractivity contribution in [2.75, 3.05) is 13.1 Å². The van der Waals surface area contributed by atoms with E-state index in [-0.39, 0.29) is 17.4 Å². The number of rotatable bonds is 6. The number of hydrogen-bond acceptors (Lipinski definition) is 3. The Hall–Kier alpha value is -1.06. The van der Waals surface area contributed by atoms with Gasteiger partial charge in [0, 0.05) is 12.0 Å². The van der Waals surface area contributed by atoms with Crippen LogP contribution in [-0.2, 0) is 6.42 Å². The van der Waals surface area contributed by atoms with Crippen molar-refractivity contribution < 1.29 is 10.2 Å². The second kappa shape index (κ2) is 6.59. The van der Waals surface area contributed by atoms with Gasteiger partial charge in [-0.3, -0.25) is 4.90 Å². The highest BCUT2D eigenvalue weighted by atomic mass is 16.3. The molecule has 1 aromatic carbocycles. The number of benzene rings is 1. The summed E-state index contributed by atoms with van der Waals surface area (Å²) in [6.07, 6.45) is 4.93. The summed E-state index contributed by atoms with van der Waals surface area (Å²) in [4.78, 5) is 2.44. The van der Waals surface area contributed by atoms with Gasteiger partial charge in [-0.15, -0.1) is 0 Å². The number of aliphatic hydroxyl groups excluding tert-OH is 1. The summed E-state index contributed by atoms with van der Waals surface area (Å²) in [5.41, 5.74) is 1.04. The lowest BCUT2D eigenvalue weighted by Gasteiger charge is -2.44. The van der Waals surface area contributed by atoms with Crippen LogP contribution in [0.4, 0.5) is 0 Å². The summed E-state index contributed by atoms with van der Waals surface area (Å²) in [5.74, 6) is 0.280. The van der Waals surface area contributed by atoms with Crippen molar-refractivity contribution in [1.29, 1.82) is 0 Å². The van der Waals surface area contributed by atoms with E-state index in [9.17, 15) is 10.2 Å². The minimum atomic E-state index is -0.338. The maximum atomic E-state index is 10.9. The highest BCUT2D eigenvalue weighted by molar-refractivity contribution is 5.26. The molecule has 2 rings (SSSR count). The van der Waals surface area contributed by atoms with Crippen LogP contribution in [0, 0.1) is 0 Å². The first kappa shape index (κ1) is 15.3. The van der Waals surface area contributed by atoms with Gasteiger partial charge in [-0.2, -0.15) is 0 Å². The summed E-state index contributed by atoms with van der Waals surface area (Å²) >= 11 is 0. The molecule has 0 aromatic heterocycles. The zero-order valence-electron chi connectivity index (χ0n) is 12.7. The smallest absolute Gasteiger partial charge is 0.115 e. The number of phenolic OH excluding ortho intramolecular Hbond substituents is 1. The quantitative estimate of drug-likeness (QED) is 0.840. The maximum absolute atomic E-state index is 10.9. The zero-order valence-corrected chi connectivity index (χ0v) is 12.7. The van der Waals surface area contributed by atoms with Crippen LogP contribution in [0.1, 0.15) is 45.1 Å². The van der Waals surface area contributed by atoms with Crippen molar-refractivity contribution in [3.8, 4) is 5.75 Å². The normalized spacial score (nSPS) is 19.4. The van der Waals surface area contributed by atoms with Crippen LogP contribution < -0.4 is 0 Å². The fraction of sp³-hybridized carbons (Fsp3) is 0.647. The number of nitrogens with zero attached hydrogens (tertiary/aromatic N) is 1. The van der Waals surface area contributed by atoms with Crippen molar-refractivity contribution in [3.05, 3.63) is 29.8 Å². The van der Waals surface area contributed by atoms with E-state index >= 15 is 0 Å². The Morgan fingerprint density at radius 3 is 2.15 bits per heavy atom. The first-order valence-corrected chi connectivity index (χ1v) is 7.83. The molecule has 1 unspecified atom stereocenters. The third-order valence-electron chi connectivity index (χ3n) is 4.85. The molecule has 1 saturated carbocycles. The van der Waals surface area contributed by atoms with Crippen LogP contribution in [0.25, 0.3) is 0 Å². The lowest BCUT2D eigenvalue weighted by Crippen LogP contribution is -2.55. The van der Waals surface area contributed by atoms with Crippen LogP contribution in [0.2, 0.25) is 0 Å². The molecule has 0 saturated heterocycles. The van der Waals surface area contributed by atoms with Gasteiger partial charge < -0.3 is 10.2 Å². The van der Waals surface area contributed by atoms with E-state index in [1.54, 1.807) is 12.1 Å². The van der Waals surface area contributed by atoms with E-state index in [0.29, 0.717) is 6.42 Å². The topological polar surface area (TPSA) is 43.7 Å². The van der Waals surface area contributed by atoms with Gasteiger partial charge in [0.15, 0.2) is 0 Å². The SMILES string of the molecule is CCN(CC)C1(C(O)Cc2ccc(O)cc2)CCCC1. The number of likely N-dealkylation sites (N-methyl/N-ethyl adjacent to an activating group) is 1. The Balaban J connectivity index is 2.14. The molecule has 0 bridgehead atoms. The van der Waals surface area contributed by atoms with Crippen molar-refractivity contribution >= 4 is 0 Å². The van der Waals surface area contributed by atoms with E-state index in [4.69, 9.17) is 0 Å². The average Bonchev–Trinajstić information content (AvgIpc) is 2.93. The third-order valence-corrected chi connectivity index (χ3v) is 4.85. The predicted molar refractivity (Wildman–Crippen MR) is 81.9 cm³/mol. The molecule has 112 valence electrons. The molecule has 0 spiro atoms. The third kappa shape index (κ3) is 2.99. The highest BCUT2D eigenvalue weighted by Crippen LogP contribution is 2.39. The van der Waals surface area contributed by atoms with Gasteiger partial charge in [0.1, 0.15) is 5.75 Å². The van der Waals surface area contributed by atoms with E-state index < -0.39 is 0 Å². The molecular weight excluding hydrogens is 250 g/mol. The molecule has 2 N–H and O–H groups in total. The fourth-order valence-corrected chi connectivity index (χ4v) is 3.75. The van der Waals surface area contributed by atoms with E-state index in [2.05, 4.69) is 18.7 Å². The van der Waals surface area contributed by atoms with Gasteiger partial charge in [-0.25, -0.2) is 0 Å². The maximum Gasteiger partial charge on any atom is 0.115 e. The highest BCUT2D eigenvalue weighted by Gasteiger charge is 2.44. The van der Waals surface area contributed by atoms with Crippen LogP contribution >= 0.6 is 0 Å². The van der Waals surface area contributed by atoms with Gasteiger partial charge in [0.25, 0.3) is 0 Å². The minimum Gasteiger partial charge on any atom is -0.508 e. The summed E-state index contributed by atoms with van der Waals surface area (Å²) < 4.78 is 0. The molecule has 1 aliphatic carbocycles. The second-order valence-electron chi connectivity index (χ2n) is 5.87. The van der Waals surface area contributed by atoms with Crippen LogP contribution in [0.15, 0.2) is 24.3 Å². The molecular formula is C17H27NO2. The van der Waals surface area contributed by atoms with Crippen LogP contribution in [0.5, 0.6) is 5.75 Å². The van der Waals surface area contributed by atoms with E-state index in [1.165, 1.54) is 12.8 Å². The Bertz CT molecular complexity index is 406. The first-order chi connectivity index (χ1) is 9.62. The van der Waals surface area contributed by atoms with Crippen molar-refractivity contribution in [3.63, 3.8) is 0 Å². The van der Waals surface area contributed by atoms with E-state index in [1.807, 2.05) is 12.1 Å². The molecule has 0 radical (unpaired) electrons. The molecule has 1 aromatic rings. The Morgan fingerprint density at radius 2 is 1.65 bits per heavy atom. The van der Waals surface area contributed by atoms with Gasteiger partial charge in [-0.05, 0) is 43.6 Å². The van der Waals surface area contributed by atoms with Gasteiger partial charge in [-0.1, -0.05) is 38.8 Å². The largest absolute Gasteiger partial charge is 0.508 e. The Kier molecular flexibility index (Phi) is 5.06. The molecule has 0 amide bonds. The predicted octanol–water partition coefficient (Wildman–Crippen LogP) is 2.95. The standard InChI is InChI=1S/C17H27NO2/c1-3-18(4-2)17(11-5-6-12-17)16(20)13-14-7-9-15(19)10-8-14/h7-10,16,19-20H,3-6,11-13H2,1-2H3. The Morgan fingerprint density at radius 1 is 1.10 bits per heavy atom. The zero-order chi connectivity index (χ0) is 14.6. The summed E-state index contributed by atoms with van der Waals surface area (Å²) in [6, 6.07) is 7.20.